The summed E-state index contributed by atoms with van der Waals surface area (Å²) >= 11 is 0. The monoisotopic (exact) mass is 364 g/mol. The van der Waals surface area contributed by atoms with Crippen LogP contribution < -0.4 is 0 Å². The smallest absolute Gasteiger partial charge is 0.319 e. The maximum absolute atomic E-state index is 12.9. The van der Waals surface area contributed by atoms with Gasteiger partial charge in [-0.1, -0.05) is 5.16 Å². The standard InChI is InChI=1S/C17H28N6O3/c1-13-18-15(19-26-13)12-21-7-9-22(10-8-21)16(24)14-5-4-6-23(11-14)17(25)20(2)3/h14H,4-12H2,1-3H3/t14-/m1/s1. The van der Waals surface area contributed by atoms with Crippen molar-refractivity contribution >= 4 is 11.9 Å². The molecule has 9 nitrogen and oxygen atoms in total. The number of rotatable bonds is 3. The summed E-state index contributed by atoms with van der Waals surface area (Å²) in [5.41, 5.74) is 0. The van der Waals surface area contributed by atoms with E-state index in [1.165, 1.54) is 0 Å². The third-order valence-electron chi connectivity index (χ3n) is 5.04. The lowest BCUT2D eigenvalue weighted by Gasteiger charge is -2.39. The van der Waals surface area contributed by atoms with E-state index in [1.54, 1.807) is 30.8 Å². The van der Waals surface area contributed by atoms with Crippen molar-refractivity contribution in [2.45, 2.75) is 26.3 Å². The highest BCUT2D eigenvalue weighted by molar-refractivity contribution is 5.81. The van der Waals surface area contributed by atoms with Gasteiger partial charge in [0, 0.05) is 60.3 Å². The Kier molecular flexibility index (Phi) is 5.75. The van der Waals surface area contributed by atoms with E-state index in [4.69, 9.17) is 4.52 Å². The number of aryl methyl sites for hydroxylation is 1. The Morgan fingerprint density at radius 3 is 2.50 bits per heavy atom. The number of carbonyl (C=O) groups excluding carboxylic acids is 2. The van der Waals surface area contributed by atoms with Crippen molar-refractivity contribution in [3.05, 3.63) is 11.7 Å². The molecule has 2 aliphatic heterocycles. The van der Waals surface area contributed by atoms with Crippen molar-refractivity contribution < 1.29 is 14.1 Å². The molecule has 0 aromatic carbocycles. The summed E-state index contributed by atoms with van der Waals surface area (Å²) in [6.07, 6.45) is 1.74. The normalized spacial score (nSPS) is 21.7. The second-order valence-corrected chi connectivity index (χ2v) is 7.29. The van der Waals surface area contributed by atoms with Crippen LogP contribution in [0, 0.1) is 12.8 Å². The van der Waals surface area contributed by atoms with Crippen LogP contribution in [0.15, 0.2) is 4.52 Å². The molecule has 1 aromatic rings. The van der Waals surface area contributed by atoms with Crippen LogP contribution in [-0.4, -0.2) is 95.0 Å². The van der Waals surface area contributed by atoms with E-state index < -0.39 is 0 Å². The van der Waals surface area contributed by atoms with Crippen molar-refractivity contribution in [2.24, 2.45) is 5.92 Å². The molecule has 26 heavy (non-hydrogen) atoms. The van der Waals surface area contributed by atoms with Crippen molar-refractivity contribution in [2.75, 3.05) is 53.4 Å². The molecular formula is C17H28N6O3. The third kappa shape index (κ3) is 4.32. The lowest BCUT2D eigenvalue weighted by atomic mass is 9.96. The lowest BCUT2D eigenvalue weighted by molar-refractivity contribution is -0.138. The molecule has 0 radical (unpaired) electrons. The van der Waals surface area contributed by atoms with E-state index in [0.717, 1.165) is 32.5 Å². The van der Waals surface area contributed by atoms with E-state index in [0.29, 0.717) is 37.9 Å². The fourth-order valence-corrected chi connectivity index (χ4v) is 3.63. The minimum absolute atomic E-state index is 0.0114. The molecule has 0 aliphatic carbocycles. The Morgan fingerprint density at radius 1 is 1.15 bits per heavy atom. The van der Waals surface area contributed by atoms with Crippen LogP contribution in [0.3, 0.4) is 0 Å². The Balaban J connectivity index is 1.49. The van der Waals surface area contributed by atoms with Crippen LogP contribution in [0.2, 0.25) is 0 Å². The number of aromatic nitrogens is 2. The zero-order chi connectivity index (χ0) is 18.7. The van der Waals surface area contributed by atoms with Gasteiger partial charge in [0.15, 0.2) is 5.82 Å². The fraction of sp³-hybridized carbons (Fsp3) is 0.765. The summed E-state index contributed by atoms with van der Waals surface area (Å²) in [6.45, 7) is 6.69. The molecule has 3 amide bonds. The van der Waals surface area contributed by atoms with Crippen LogP contribution >= 0.6 is 0 Å². The fourth-order valence-electron chi connectivity index (χ4n) is 3.63. The van der Waals surface area contributed by atoms with Gasteiger partial charge in [0.25, 0.3) is 0 Å². The maximum atomic E-state index is 12.9. The summed E-state index contributed by atoms with van der Waals surface area (Å²) in [5, 5.41) is 3.93. The number of hydrogen-bond donors (Lipinski definition) is 0. The van der Waals surface area contributed by atoms with Gasteiger partial charge in [0.05, 0.1) is 12.5 Å². The van der Waals surface area contributed by atoms with Gasteiger partial charge < -0.3 is 19.2 Å². The minimum Gasteiger partial charge on any atom is -0.340 e. The molecule has 3 heterocycles. The quantitative estimate of drug-likeness (QED) is 0.772. The first-order valence-corrected chi connectivity index (χ1v) is 9.20. The summed E-state index contributed by atoms with van der Waals surface area (Å²) < 4.78 is 5.00. The molecule has 2 aliphatic rings. The lowest BCUT2D eigenvalue weighted by Crippen LogP contribution is -2.53. The number of hydrogen-bond acceptors (Lipinski definition) is 6. The van der Waals surface area contributed by atoms with Gasteiger partial charge in [-0.05, 0) is 12.8 Å². The van der Waals surface area contributed by atoms with Crippen molar-refractivity contribution in [1.82, 2.24) is 29.7 Å². The largest absolute Gasteiger partial charge is 0.340 e. The highest BCUT2D eigenvalue weighted by Crippen LogP contribution is 2.20. The maximum Gasteiger partial charge on any atom is 0.319 e. The summed E-state index contributed by atoms with van der Waals surface area (Å²) in [4.78, 5) is 36.8. The van der Waals surface area contributed by atoms with Gasteiger partial charge in [-0.15, -0.1) is 0 Å². The number of urea groups is 1. The van der Waals surface area contributed by atoms with Gasteiger partial charge in [0.2, 0.25) is 11.8 Å². The Bertz CT molecular complexity index is 638. The molecule has 0 bridgehead atoms. The van der Waals surface area contributed by atoms with Crippen LogP contribution in [0.5, 0.6) is 0 Å². The molecule has 1 aromatic heterocycles. The average Bonchev–Trinajstić information content (AvgIpc) is 3.06. The molecule has 3 rings (SSSR count). The number of carbonyl (C=O) groups is 2. The topological polar surface area (TPSA) is 86.0 Å². The van der Waals surface area contributed by atoms with E-state index >= 15 is 0 Å². The van der Waals surface area contributed by atoms with Crippen LogP contribution in [-0.2, 0) is 11.3 Å². The molecule has 0 spiro atoms. The molecule has 9 heteroatoms. The Hall–Kier alpha value is -2.16. The predicted molar refractivity (Wildman–Crippen MR) is 94.3 cm³/mol. The van der Waals surface area contributed by atoms with Gasteiger partial charge in [-0.3, -0.25) is 9.69 Å². The minimum atomic E-state index is -0.0842. The molecule has 144 valence electrons. The van der Waals surface area contributed by atoms with Crippen molar-refractivity contribution in [1.29, 1.82) is 0 Å². The highest BCUT2D eigenvalue weighted by atomic mass is 16.5. The predicted octanol–water partition coefficient (Wildman–Crippen LogP) is 0.416. The molecule has 2 saturated heterocycles. The van der Waals surface area contributed by atoms with E-state index in [9.17, 15) is 9.59 Å². The number of amides is 3. The van der Waals surface area contributed by atoms with Crippen LogP contribution in [0.25, 0.3) is 0 Å². The Labute approximate surface area is 153 Å². The molecule has 2 fully saturated rings. The first kappa shape index (κ1) is 18.6. The number of piperidine rings is 1. The first-order chi connectivity index (χ1) is 12.4. The van der Waals surface area contributed by atoms with Crippen molar-refractivity contribution in [3.8, 4) is 0 Å². The third-order valence-corrected chi connectivity index (χ3v) is 5.04. The zero-order valence-corrected chi connectivity index (χ0v) is 15.8. The number of likely N-dealkylation sites (tertiary alicyclic amines) is 1. The van der Waals surface area contributed by atoms with Crippen LogP contribution in [0.1, 0.15) is 24.6 Å². The van der Waals surface area contributed by atoms with Crippen molar-refractivity contribution in [3.63, 3.8) is 0 Å². The average molecular weight is 364 g/mol. The van der Waals surface area contributed by atoms with Gasteiger partial charge in [-0.2, -0.15) is 4.98 Å². The number of piperazine rings is 1. The highest BCUT2D eigenvalue weighted by Gasteiger charge is 2.33. The molecule has 0 unspecified atom stereocenters. The van der Waals surface area contributed by atoms with Gasteiger partial charge in [-0.25, -0.2) is 4.79 Å². The van der Waals surface area contributed by atoms with Crippen LogP contribution in [0.4, 0.5) is 4.79 Å². The molecule has 1 atom stereocenters. The second kappa shape index (κ2) is 8.03. The summed E-state index contributed by atoms with van der Waals surface area (Å²) in [7, 11) is 3.50. The second-order valence-electron chi connectivity index (χ2n) is 7.29. The van der Waals surface area contributed by atoms with E-state index in [2.05, 4.69) is 15.0 Å². The summed E-state index contributed by atoms with van der Waals surface area (Å²) in [6, 6.07) is -0.0114. The van der Waals surface area contributed by atoms with E-state index in [-0.39, 0.29) is 17.9 Å². The van der Waals surface area contributed by atoms with E-state index in [1.807, 2.05) is 4.90 Å². The van der Waals surface area contributed by atoms with Gasteiger partial charge >= 0.3 is 6.03 Å². The number of nitrogens with zero attached hydrogens (tertiary/aromatic N) is 6. The summed E-state index contributed by atoms with van der Waals surface area (Å²) in [5.74, 6) is 1.35. The molecular weight excluding hydrogens is 336 g/mol. The van der Waals surface area contributed by atoms with Gasteiger partial charge in [0.1, 0.15) is 0 Å². The Morgan fingerprint density at radius 2 is 1.88 bits per heavy atom. The SMILES string of the molecule is Cc1nc(CN2CCN(C(=O)[C@@H]3CCCN(C(=O)N(C)C)C3)CC2)no1. The molecule has 0 saturated carbocycles. The molecule has 0 N–H and O–H groups in total. The first-order valence-electron chi connectivity index (χ1n) is 9.20. The zero-order valence-electron chi connectivity index (χ0n) is 15.8.